The van der Waals surface area contributed by atoms with Crippen LogP contribution in [-0.2, 0) is 27.4 Å². The Morgan fingerprint density at radius 2 is 1.19 bits per heavy atom. The van der Waals surface area contributed by atoms with Crippen molar-refractivity contribution < 1.29 is 45.7 Å². The number of carbonyl (C=O) groups excluding carboxylic acids is 1. The number of aliphatic hydroxyl groups is 1. The van der Waals surface area contributed by atoms with Crippen LogP contribution in [0.2, 0.25) is 0 Å². The fourth-order valence-corrected chi connectivity index (χ4v) is 4.15. The number of hydrogen-bond donors (Lipinski definition) is 1. The standard InChI is InChI=1S/C26H30F6O4/c1-35-16-4-3-15-24(34,19-11-13-21(14-12-19)26(30,31)32)22(6-5-17-36-2)23(33)18-7-9-20(10-8-18)25(27,28)29/h7-14,22,34H,3-6,15-17H2,1-2H3. The molecule has 0 aliphatic rings. The van der Waals surface area contributed by atoms with E-state index in [1.165, 1.54) is 14.2 Å². The van der Waals surface area contributed by atoms with Gasteiger partial charge in [-0.1, -0.05) is 24.3 Å². The number of benzene rings is 2. The monoisotopic (exact) mass is 520 g/mol. The van der Waals surface area contributed by atoms with Crippen LogP contribution in [-0.4, -0.2) is 38.3 Å². The second-order valence-corrected chi connectivity index (χ2v) is 8.58. The number of unbranched alkanes of at least 4 members (excludes halogenated alkanes) is 1. The minimum atomic E-state index is -4.58. The van der Waals surface area contributed by atoms with Crippen LogP contribution in [0.5, 0.6) is 0 Å². The molecule has 0 spiro atoms. The molecule has 0 bridgehead atoms. The Labute approximate surface area is 206 Å². The Morgan fingerprint density at radius 1 is 0.750 bits per heavy atom. The number of hydrogen-bond acceptors (Lipinski definition) is 4. The first kappa shape index (κ1) is 29.8. The summed E-state index contributed by atoms with van der Waals surface area (Å²) < 4.78 is 88.4. The number of alkyl halides is 6. The molecule has 36 heavy (non-hydrogen) atoms. The summed E-state index contributed by atoms with van der Waals surface area (Å²) in [6.07, 6.45) is -7.76. The third-order valence-corrected chi connectivity index (χ3v) is 6.10. The summed E-state index contributed by atoms with van der Waals surface area (Å²) >= 11 is 0. The van der Waals surface area contributed by atoms with E-state index in [9.17, 15) is 36.2 Å². The van der Waals surface area contributed by atoms with Gasteiger partial charge in [-0.2, -0.15) is 26.3 Å². The average Bonchev–Trinajstić information content (AvgIpc) is 2.83. The maximum atomic E-state index is 13.5. The first-order valence-corrected chi connectivity index (χ1v) is 11.4. The van der Waals surface area contributed by atoms with Crippen molar-refractivity contribution in [3.8, 4) is 0 Å². The van der Waals surface area contributed by atoms with Gasteiger partial charge in [0.05, 0.1) is 22.6 Å². The molecule has 0 amide bonds. The van der Waals surface area contributed by atoms with Crippen molar-refractivity contribution in [2.45, 2.75) is 50.1 Å². The number of ether oxygens (including phenoxy) is 2. The minimum absolute atomic E-state index is 0.0335. The van der Waals surface area contributed by atoms with Gasteiger partial charge in [0.25, 0.3) is 0 Å². The van der Waals surface area contributed by atoms with Gasteiger partial charge in [0, 0.05) is 33.0 Å². The lowest BCUT2D eigenvalue weighted by Gasteiger charge is -2.37. The van der Waals surface area contributed by atoms with Crippen LogP contribution in [0.25, 0.3) is 0 Å². The summed E-state index contributed by atoms with van der Waals surface area (Å²) in [6.45, 7) is 0.633. The van der Waals surface area contributed by atoms with Gasteiger partial charge in [-0.05, 0) is 61.9 Å². The maximum absolute atomic E-state index is 13.5. The van der Waals surface area contributed by atoms with Gasteiger partial charge < -0.3 is 14.6 Å². The highest BCUT2D eigenvalue weighted by atomic mass is 19.4. The van der Waals surface area contributed by atoms with Crippen LogP contribution in [0.3, 0.4) is 0 Å². The highest BCUT2D eigenvalue weighted by Crippen LogP contribution is 2.41. The fourth-order valence-electron chi connectivity index (χ4n) is 4.15. The van der Waals surface area contributed by atoms with Crippen molar-refractivity contribution in [3.63, 3.8) is 0 Å². The first-order valence-electron chi connectivity index (χ1n) is 11.4. The molecule has 2 aromatic rings. The van der Waals surface area contributed by atoms with E-state index in [0.717, 1.165) is 48.5 Å². The van der Waals surface area contributed by atoms with E-state index in [0.29, 0.717) is 25.9 Å². The number of ketones is 1. The van der Waals surface area contributed by atoms with Gasteiger partial charge in [-0.15, -0.1) is 0 Å². The predicted octanol–water partition coefficient (Wildman–Crippen LogP) is 6.65. The van der Waals surface area contributed by atoms with Crippen LogP contribution in [0.1, 0.15) is 59.2 Å². The second-order valence-electron chi connectivity index (χ2n) is 8.58. The number of Topliss-reactive ketones (excluding diaryl/α,β-unsaturated/α-hetero) is 1. The smallest absolute Gasteiger partial charge is 0.385 e. The number of methoxy groups -OCH3 is 2. The molecule has 0 aliphatic heterocycles. The SMILES string of the molecule is COCCCCC(O)(c1ccc(C(F)(F)F)cc1)C(CCCOC)C(=O)c1ccc(C(F)(F)F)cc1. The Morgan fingerprint density at radius 3 is 1.67 bits per heavy atom. The van der Waals surface area contributed by atoms with Crippen molar-refractivity contribution >= 4 is 5.78 Å². The Hall–Kier alpha value is -2.43. The molecule has 4 nitrogen and oxygen atoms in total. The van der Waals surface area contributed by atoms with Crippen LogP contribution in [0.15, 0.2) is 48.5 Å². The minimum Gasteiger partial charge on any atom is -0.385 e. The Bertz CT molecular complexity index is 954. The topological polar surface area (TPSA) is 55.8 Å². The molecule has 2 atom stereocenters. The van der Waals surface area contributed by atoms with Gasteiger partial charge in [-0.25, -0.2) is 0 Å². The van der Waals surface area contributed by atoms with Gasteiger partial charge in [0.2, 0.25) is 0 Å². The van der Waals surface area contributed by atoms with E-state index in [1.54, 1.807) is 0 Å². The number of rotatable bonds is 13. The molecule has 0 saturated carbocycles. The second kappa shape index (κ2) is 12.7. The molecule has 0 heterocycles. The van der Waals surface area contributed by atoms with E-state index in [2.05, 4.69) is 0 Å². The third kappa shape index (κ3) is 7.78. The summed E-state index contributed by atoms with van der Waals surface area (Å²) in [5.74, 6) is -1.74. The molecule has 0 aromatic heterocycles. The molecule has 1 N–H and O–H groups in total. The van der Waals surface area contributed by atoms with Crippen molar-refractivity contribution in [2.75, 3.05) is 27.4 Å². The van der Waals surface area contributed by atoms with Crippen LogP contribution < -0.4 is 0 Å². The molecule has 10 heteroatoms. The molecular weight excluding hydrogens is 490 g/mol. The maximum Gasteiger partial charge on any atom is 0.416 e. The molecule has 2 rings (SSSR count). The third-order valence-electron chi connectivity index (χ3n) is 6.10. The zero-order valence-corrected chi connectivity index (χ0v) is 20.1. The molecular formula is C26H30F6O4. The fraction of sp³-hybridized carbons (Fsp3) is 0.500. The van der Waals surface area contributed by atoms with Crippen LogP contribution in [0.4, 0.5) is 26.3 Å². The van der Waals surface area contributed by atoms with E-state index in [4.69, 9.17) is 9.47 Å². The quantitative estimate of drug-likeness (QED) is 0.182. The van der Waals surface area contributed by atoms with Crippen LogP contribution in [0, 0.1) is 5.92 Å². The van der Waals surface area contributed by atoms with E-state index < -0.39 is 40.8 Å². The zero-order chi connectivity index (χ0) is 27.0. The van der Waals surface area contributed by atoms with Crippen LogP contribution >= 0.6 is 0 Å². The Kier molecular flexibility index (Phi) is 10.5. The van der Waals surface area contributed by atoms with Crippen molar-refractivity contribution in [2.24, 2.45) is 5.92 Å². The summed E-state index contributed by atoms with van der Waals surface area (Å²) in [6, 6.07) is 7.63. The van der Waals surface area contributed by atoms with Gasteiger partial charge in [0.15, 0.2) is 5.78 Å². The molecule has 0 fully saturated rings. The highest BCUT2D eigenvalue weighted by Gasteiger charge is 2.43. The van der Waals surface area contributed by atoms with Gasteiger partial charge in [-0.3, -0.25) is 4.79 Å². The Balaban J connectivity index is 2.51. The number of halogens is 6. The van der Waals surface area contributed by atoms with Gasteiger partial charge in [0.1, 0.15) is 0 Å². The van der Waals surface area contributed by atoms with Crippen molar-refractivity contribution in [1.29, 1.82) is 0 Å². The molecule has 0 radical (unpaired) electrons. The lowest BCUT2D eigenvalue weighted by molar-refractivity contribution is -0.138. The first-order chi connectivity index (χ1) is 16.8. The molecule has 2 unspecified atom stereocenters. The molecule has 200 valence electrons. The van der Waals surface area contributed by atoms with Crippen molar-refractivity contribution in [3.05, 3.63) is 70.8 Å². The van der Waals surface area contributed by atoms with Crippen molar-refractivity contribution in [1.82, 2.24) is 0 Å². The summed E-state index contributed by atoms with van der Waals surface area (Å²) in [7, 11) is 2.96. The summed E-state index contributed by atoms with van der Waals surface area (Å²) in [4.78, 5) is 13.5. The number of carbonyl (C=O) groups is 1. The van der Waals surface area contributed by atoms with E-state index in [-0.39, 0.29) is 30.6 Å². The molecule has 0 saturated heterocycles. The largest absolute Gasteiger partial charge is 0.416 e. The molecule has 2 aromatic carbocycles. The lowest BCUT2D eigenvalue weighted by Crippen LogP contribution is -2.40. The molecule has 0 aliphatic carbocycles. The normalized spacial score (nSPS) is 14.9. The van der Waals surface area contributed by atoms with Gasteiger partial charge >= 0.3 is 12.4 Å². The average molecular weight is 521 g/mol. The predicted molar refractivity (Wildman–Crippen MR) is 121 cm³/mol. The van der Waals surface area contributed by atoms with E-state index >= 15 is 0 Å². The highest BCUT2D eigenvalue weighted by molar-refractivity contribution is 5.98. The lowest BCUT2D eigenvalue weighted by atomic mass is 9.72. The summed E-state index contributed by atoms with van der Waals surface area (Å²) in [5, 5.41) is 11.9. The summed E-state index contributed by atoms with van der Waals surface area (Å²) in [5.41, 5.74) is -3.61. The zero-order valence-electron chi connectivity index (χ0n) is 20.1. The van der Waals surface area contributed by atoms with E-state index in [1.807, 2.05) is 0 Å².